The first kappa shape index (κ1) is 76.5. The molecule has 89 heavy (non-hydrogen) atoms. The molecular formula is C63H86N6O20. The summed E-state index contributed by atoms with van der Waals surface area (Å²) in [7, 11) is 0. The number of aryl methyl sites for hydroxylation is 1. The first-order valence-corrected chi connectivity index (χ1v) is 28.5. The molecule has 3 aromatic carbocycles. The molecule has 3 aromatic rings. The number of benzene rings is 3. The molecule has 4 N–H and O–H groups in total. The third-order valence-electron chi connectivity index (χ3n) is 12.7. The summed E-state index contributed by atoms with van der Waals surface area (Å²) in [5, 5.41) is 17.2. The predicted octanol–water partition coefficient (Wildman–Crippen LogP) is 9.45. The molecule has 3 rings (SSSR count). The van der Waals surface area contributed by atoms with E-state index in [0.29, 0.717) is 39.0 Å². The molecule has 0 saturated carbocycles. The van der Waals surface area contributed by atoms with E-state index in [1.165, 1.54) is 18.6 Å². The van der Waals surface area contributed by atoms with Crippen molar-refractivity contribution >= 4 is 55.0 Å². The standard InChI is InChI=1S/C36H45N3O10.C27H41N3O10/c1-5-32(40)18-36(7-3,19-33(41)6-2)24-47-49-26-38-21-29-12-14-30(15-13-29)22-39-35(44)45-17-16-31(34(42)43)23-46-48-25-37-20-28-10-8-27(4)9-11-28;1-5-13-35-38-20-27(7-3,21-39-36-14-6-2)19-34-26(32)30-18-24-11-9-23(10-12-24)17-28-22-40-37-16-15-33-25(31)29-8-4/h5-6,8-15,25-26,31H,1-2,7,16-24H2,3-4H3,(H,39,44)(H,42,43);5-6,9-12,22H,1-2,7-8,13-21H2,3-4H3,(H,29,31)(H,30,32). The first-order valence-electron chi connectivity index (χ1n) is 28.5. The number of nitrogens with zero attached hydrogens (tertiary/aromatic N) is 3. The lowest BCUT2D eigenvalue weighted by molar-refractivity contribution is -0.337. The lowest BCUT2D eigenvalue weighted by Crippen LogP contribution is -2.39. The molecule has 3 amide bonds. The van der Waals surface area contributed by atoms with E-state index < -0.39 is 41.0 Å². The van der Waals surface area contributed by atoms with Crippen LogP contribution in [0.4, 0.5) is 14.4 Å². The molecule has 26 nitrogen and oxygen atoms in total. The van der Waals surface area contributed by atoms with Crippen molar-refractivity contribution in [2.75, 3.05) is 72.6 Å². The largest absolute Gasteiger partial charge is 0.481 e. The van der Waals surface area contributed by atoms with Gasteiger partial charge in [0.2, 0.25) is 19.2 Å². The number of alkyl carbamates (subject to hydrolysis) is 3. The molecule has 1 atom stereocenters. The van der Waals surface area contributed by atoms with Gasteiger partial charge in [0, 0.05) is 37.9 Å². The van der Waals surface area contributed by atoms with Crippen LogP contribution in [0.3, 0.4) is 0 Å². The highest BCUT2D eigenvalue weighted by Gasteiger charge is 2.34. The lowest BCUT2D eigenvalue weighted by atomic mass is 9.77. The molecule has 0 bridgehead atoms. The van der Waals surface area contributed by atoms with E-state index >= 15 is 0 Å². The molecule has 0 aromatic heterocycles. The van der Waals surface area contributed by atoms with Crippen LogP contribution in [0.15, 0.2) is 138 Å². The summed E-state index contributed by atoms with van der Waals surface area (Å²) in [4.78, 5) is 134. The van der Waals surface area contributed by atoms with Crippen molar-refractivity contribution in [2.24, 2.45) is 31.7 Å². The number of ether oxygens (including phenoxy) is 3. The van der Waals surface area contributed by atoms with E-state index in [4.69, 9.17) is 63.1 Å². The van der Waals surface area contributed by atoms with Crippen molar-refractivity contribution < 1.29 is 97.0 Å². The van der Waals surface area contributed by atoms with Gasteiger partial charge in [-0.2, -0.15) is 14.7 Å². The Balaban J connectivity index is 0.000000620. The quantitative estimate of drug-likeness (QED) is 0.00597. The monoisotopic (exact) mass is 1250 g/mol. The Kier molecular flexibility index (Phi) is 40.8. The van der Waals surface area contributed by atoms with Gasteiger partial charge in [0.15, 0.2) is 11.6 Å². The number of hydrogen-bond donors (Lipinski definition) is 4. The van der Waals surface area contributed by atoms with Gasteiger partial charge in [0.25, 0.3) is 0 Å². The molecule has 0 aliphatic carbocycles. The van der Waals surface area contributed by atoms with Gasteiger partial charge >= 0.3 is 24.2 Å². The van der Waals surface area contributed by atoms with Crippen LogP contribution in [0.2, 0.25) is 0 Å². The van der Waals surface area contributed by atoms with Gasteiger partial charge in [-0.25, -0.2) is 33.9 Å². The Morgan fingerprint density at radius 3 is 1.39 bits per heavy atom. The average molecular weight is 1250 g/mol. The summed E-state index contributed by atoms with van der Waals surface area (Å²) in [6.45, 7) is 24.2. The minimum atomic E-state index is -1.11. The number of aliphatic carboxylic acids is 1. The number of carbonyl (C=O) groups excluding carboxylic acids is 5. The highest BCUT2D eigenvalue weighted by Crippen LogP contribution is 2.33. The Hall–Kier alpha value is -8.63. The number of carboxylic acids is 1. The molecule has 0 heterocycles. The topological polar surface area (TPSA) is 316 Å². The van der Waals surface area contributed by atoms with E-state index in [1.807, 2.05) is 93.6 Å². The van der Waals surface area contributed by atoms with Gasteiger partial charge in [-0.15, -0.1) is 13.2 Å². The normalized spacial score (nSPS) is 11.6. The Morgan fingerprint density at radius 2 is 0.933 bits per heavy atom. The third kappa shape index (κ3) is 36.3. The number of nitrogens with one attached hydrogen (secondary N) is 3. The molecular weight excluding hydrogens is 1160 g/mol. The zero-order valence-electron chi connectivity index (χ0n) is 51.3. The second-order valence-corrected chi connectivity index (χ2v) is 19.6. The van der Waals surface area contributed by atoms with E-state index in [9.17, 15) is 33.9 Å². The van der Waals surface area contributed by atoms with Gasteiger partial charge in [-0.05, 0) is 73.1 Å². The van der Waals surface area contributed by atoms with Crippen molar-refractivity contribution in [3.8, 4) is 0 Å². The smallest absolute Gasteiger partial charge is 0.407 e. The number of amides is 3. The molecule has 1 unspecified atom stereocenters. The van der Waals surface area contributed by atoms with Crippen LogP contribution >= 0.6 is 0 Å². The van der Waals surface area contributed by atoms with Crippen molar-refractivity contribution in [1.29, 1.82) is 0 Å². The number of aliphatic imine (C=N–C) groups is 3. The number of hydrogen-bond acceptors (Lipinski definition) is 22. The van der Waals surface area contributed by atoms with E-state index in [1.54, 1.807) is 19.1 Å². The number of ketones is 2. The third-order valence-corrected chi connectivity index (χ3v) is 12.7. The molecule has 26 heteroatoms. The number of rotatable bonds is 48. The van der Waals surface area contributed by atoms with Gasteiger partial charge in [-0.1, -0.05) is 118 Å². The van der Waals surface area contributed by atoms with Crippen LogP contribution in [0.1, 0.15) is 86.3 Å². The summed E-state index contributed by atoms with van der Waals surface area (Å²) >= 11 is 0. The van der Waals surface area contributed by atoms with Crippen LogP contribution in [0.25, 0.3) is 0 Å². The first-order chi connectivity index (χ1) is 43.1. The van der Waals surface area contributed by atoms with E-state index in [2.05, 4.69) is 57.2 Å². The number of carboxylic acid groups (broad SMARTS) is 1. The van der Waals surface area contributed by atoms with Crippen LogP contribution in [-0.4, -0.2) is 133 Å². The molecule has 0 saturated heterocycles. The average Bonchev–Trinajstić information content (AvgIpc) is 3.67. The van der Waals surface area contributed by atoms with Crippen LogP contribution in [-0.2, 0) is 110 Å². The molecule has 0 radical (unpaired) electrons. The lowest BCUT2D eigenvalue weighted by Gasteiger charge is -2.30. The number of carbonyl (C=O) groups is 6. The fourth-order valence-corrected chi connectivity index (χ4v) is 7.12. The summed E-state index contributed by atoms with van der Waals surface area (Å²) < 4.78 is 15.4. The second kappa shape index (κ2) is 47.4. The summed E-state index contributed by atoms with van der Waals surface area (Å²) in [6, 6.07) is 22.6. The van der Waals surface area contributed by atoms with E-state index in [0.717, 1.165) is 46.2 Å². The van der Waals surface area contributed by atoms with Crippen LogP contribution < -0.4 is 16.0 Å². The van der Waals surface area contributed by atoms with Crippen LogP contribution in [0.5, 0.6) is 0 Å². The maximum Gasteiger partial charge on any atom is 0.407 e. The van der Waals surface area contributed by atoms with Gasteiger partial charge in [0.05, 0.1) is 50.8 Å². The maximum absolute atomic E-state index is 12.4. The highest BCUT2D eigenvalue weighted by molar-refractivity contribution is 5.92. The maximum atomic E-state index is 12.4. The second-order valence-electron chi connectivity index (χ2n) is 19.6. The van der Waals surface area contributed by atoms with Crippen LogP contribution in [0, 0.1) is 23.7 Å². The zero-order chi connectivity index (χ0) is 65.2. The zero-order valence-corrected chi connectivity index (χ0v) is 51.3. The van der Waals surface area contributed by atoms with Crippen molar-refractivity contribution in [3.05, 3.63) is 157 Å². The minimum absolute atomic E-state index is 0.00773. The number of allylic oxidation sites excluding steroid dienone is 2. The van der Waals surface area contributed by atoms with Gasteiger partial charge < -0.3 is 49.9 Å². The molecule has 0 aliphatic rings. The summed E-state index contributed by atoms with van der Waals surface area (Å²) in [5.41, 5.74) is 4.18. The van der Waals surface area contributed by atoms with Gasteiger partial charge in [0.1, 0.15) is 46.2 Å². The van der Waals surface area contributed by atoms with Gasteiger partial charge in [-0.3, -0.25) is 29.4 Å². The van der Waals surface area contributed by atoms with Crippen molar-refractivity contribution in [3.63, 3.8) is 0 Å². The summed E-state index contributed by atoms with van der Waals surface area (Å²) in [5.74, 6) is -2.45. The Labute approximate surface area is 519 Å². The highest BCUT2D eigenvalue weighted by atomic mass is 17.2. The molecule has 0 fully saturated rings. The van der Waals surface area contributed by atoms with Crippen molar-refractivity contribution in [1.82, 2.24) is 16.0 Å². The Morgan fingerprint density at radius 1 is 0.506 bits per heavy atom. The summed E-state index contributed by atoms with van der Waals surface area (Å²) in [6.07, 6.45) is 8.49. The molecule has 0 aliphatic heterocycles. The predicted molar refractivity (Wildman–Crippen MR) is 328 cm³/mol. The SMILES string of the molecule is C=CC(=O)CC(CC)(COOC=NCc1ccc(CNC(=O)OCCC(COOC=NCc2ccc(C)cc2)C(=O)O)cc1)CC(=O)C=C.C=CCOOCC(CC)(COOCC=C)COC(=O)NCc1ccc(CN=COOCCOC(=O)NCC)cc1. The Bertz CT molecular complexity index is 2610. The molecule has 488 valence electrons. The fourth-order valence-electron chi connectivity index (χ4n) is 7.12. The van der Waals surface area contributed by atoms with Crippen molar-refractivity contribution in [2.45, 2.75) is 92.5 Å². The van der Waals surface area contributed by atoms with E-state index in [-0.39, 0.29) is 110 Å². The minimum Gasteiger partial charge on any atom is -0.481 e. The fraction of sp³-hybridized carbons (Fsp3) is 0.444. The molecule has 0 spiro atoms.